The van der Waals surface area contributed by atoms with Crippen LogP contribution >= 0.6 is 0 Å². The second-order valence-electron chi connectivity index (χ2n) is 5.29. The third-order valence-corrected chi connectivity index (χ3v) is 3.52. The zero-order valence-corrected chi connectivity index (χ0v) is 10.9. The van der Waals surface area contributed by atoms with Gasteiger partial charge in [0.15, 0.2) is 0 Å². The fraction of sp³-hybridized carbons (Fsp3) is 1.00. The second kappa shape index (κ2) is 6.49. The van der Waals surface area contributed by atoms with E-state index in [1.54, 1.807) is 0 Å². The molecule has 0 amide bonds. The lowest BCUT2D eigenvalue weighted by molar-refractivity contribution is 0.130. The summed E-state index contributed by atoms with van der Waals surface area (Å²) < 4.78 is 0. The van der Waals surface area contributed by atoms with Crippen LogP contribution in [0.5, 0.6) is 0 Å². The first-order chi connectivity index (χ1) is 7.13. The predicted octanol–water partition coefficient (Wildman–Crippen LogP) is 2.49. The highest BCUT2D eigenvalue weighted by Gasteiger charge is 2.22. The fourth-order valence-electron chi connectivity index (χ4n) is 2.69. The van der Waals surface area contributed by atoms with Crippen LogP contribution in [0.4, 0.5) is 0 Å². The molecule has 90 valence electrons. The molecule has 0 aliphatic carbocycles. The van der Waals surface area contributed by atoms with Gasteiger partial charge in [0.05, 0.1) is 0 Å². The van der Waals surface area contributed by atoms with Crippen molar-refractivity contribution in [1.29, 1.82) is 0 Å². The molecule has 0 aromatic heterocycles. The van der Waals surface area contributed by atoms with Crippen LogP contribution < -0.4 is 5.32 Å². The highest BCUT2D eigenvalue weighted by Crippen LogP contribution is 2.22. The Morgan fingerprint density at radius 1 is 1.33 bits per heavy atom. The summed E-state index contributed by atoms with van der Waals surface area (Å²) in [6, 6.07) is 1.41. The van der Waals surface area contributed by atoms with Gasteiger partial charge in [0.25, 0.3) is 0 Å². The van der Waals surface area contributed by atoms with Crippen molar-refractivity contribution in [2.24, 2.45) is 5.92 Å². The van der Waals surface area contributed by atoms with Gasteiger partial charge < -0.3 is 10.2 Å². The minimum Gasteiger partial charge on any atom is -0.315 e. The van der Waals surface area contributed by atoms with E-state index in [0.29, 0.717) is 6.04 Å². The lowest BCUT2D eigenvalue weighted by Gasteiger charge is -2.36. The largest absolute Gasteiger partial charge is 0.315 e. The highest BCUT2D eigenvalue weighted by molar-refractivity contribution is 4.78. The molecule has 1 aliphatic rings. The molecular formula is C13H28N2. The number of hydrogen-bond donors (Lipinski definition) is 1. The van der Waals surface area contributed by atoms with Crippen molar-refractivity contribution < 1.29 is 0 Å². The number of hydrogen-bond acceptors (Lipinski definition) is 2. The molecule has 2 nitrogen and oxygen atoms in total. The van der Waals surface area contributed by atoms with Crippen LogP contribution in [0.15, 0.2) is 0 Å². The molecule has 2 unspecified atom stereocenters. The van der Waals surface area contributed by atoms with Crippen molar-refractivity contribution in [1.82, 2.24) is 10.2 Å². The number of likely N-dealkylation sites (tertiary alicyclic amines) is 1. The summed E-state index contributed by atoms with van der Waals surface area (Å²) in [5.74, 6) is 0.912. The molecule has 1 rings (SSSR count). The van der Waals surface area contributed by atoms with E-state index in [1.807, 2.05) is 0 Å². The highest BCUT2D eigenvalue weighted by atomic mass is 15.2. The molecule has 1 saturated heterocycles. The number of nitrogens with one attached hydrogen (secondary N) is 1. The van der Waals surface area contributed by atoms with Gasteiger partial charge in [0.2, 0.25) is 0 Å². The number of piperidine rings is 1. The lowest BCUT2D eigenvalue weighted by Crippen LogP contribution is -2.41. The Balaban J connectivity index is 2.29. The quantitative estimate of drug-likeness (QED) is 0.753. The van der Waals surface area contributed by atoms with Crippen LogP contribution in [-0.4, -0.2) is 36.6 Å². The maximum Gasteiger partial charge on any atom is 0.00417 e. The molecule has 0 saturated carbocycles. The van der Waals surface area contributed by atoms with Crippen molar-refractivity contribution in [3.8, 4) is 0 Å². The summed E-state index contributed by atoms with van der Waals surface area (Å²) in [5, 5.41) is 3.52. The third-order valence-electron chi connectivity index (χ3n) is 3.52. The Kier molecular flexibility index (Phi) is 5.62. The van der Waals surface area contributed by atoms with E-state index >= 15 is 0 Å². The first-order valence-electron chi connectivity index (χ1n) is 6.61. The minimum atomic E-state index is 0.687. The molecule has 1 N–H and O–H groups in total. The van der Waals surface area contributed by atoms with Gasteiger partial charge >= 0.3 is 0 Å². The van der Waals surface area contributed by atoms with Crippen molar-refractivity contribution in [2.75, 3.05) is 19.6 Å². The van der Waals surface area contributed by atoms with E-state index in [-0.39, 0.29) is 0 Å². The zero-order valence-electron chi connectivity index (χ0n) is 10.9. The summed E-state index contributed by atoms with van der Waals surface area (Å²) in [4.78, 5) is 2.63. The van der Waals surface area contributed by atoms with Gasteiger partial charge in [-0.1, -0.05) is 6.92 Å². The molecule has 0 aromatic carbocycles. The topological polar surface area (TPSA) is 15.3 Å². The number of nitrogens with zero attached hydrogens (tertiary/aromatic N) is 1. The van der Waals surface area contributed by atoms with Crippen molar-refractivity contribution in [3.63, 3.8) is 0 Å². The number of rotatable bonds is 5. The van der Waals surface area contributed by atoms with Crippen LogP contribution in [0, 0.1) is 5.92 Å². The summed E-state index contributed by atoms with van der Waals surface area (Å²) in [6.07, 6.45) is 4.16. The Morgan fingerprint density at radius 2 is 2.07 bits per heavy atom. The molecule has 1 aliphatic heterocycles. The van der Waals surface area contributed by atoms with Crippen LogP contribution in [0.3, 0.4) is 0 Å². The maximum absolute atomic E-state index is 3.52. The van der Waals surface area contributed by atoms with Gasteiger partial charge in [-0.05, 0) is 59.0 Å². The smallest absolute Gasteiger partial charge is 0.00417 e. The van der Waals surface area contributed by atoms with Gasteiger partial charge in [-0.15, -0.1) is 0 Å². The van der Waals surface area contributed by atoms with E-state index in [4.69, 9.17) is 0 Å². The normalized spacial score (nSPS) is 25.8. The van der Waals surface area contributed by atoms with Gasteiger partial charge in [-0.25, -0.2) is 0 Å². The van der Waals surface area contributed by atoms with Crippen molar-refractivity contribution >= 4 is 0 Å². The molecule has 1 heterocycles. The standard InChI is InChI=1S/C13H28N2/c1-5-14-12(4)9-13-7-6-8-15(10-13)11(2)3/h11-14H,5-10H2,1-4H3. The van der Waals surface area contributed by atoms with Gasteiger partial charge in [0.1, 0.15) is 0 Å². The molecule has 2 heteroatoms. The van der Waals surface area contributed by atoms with Crippen molar-refractivity contribution in [2.45, 2.75) is 59.0 Å². The molecule has 0 radical (unpaired) electrons. The molecular weight excluding hydrogens is 184 g/mol. The summed E-state index contributed by atoms with van der Waals surface area (Å²) in [7, 11) is 0. The van der Waals surface area contributed by atoms with Gasteiger partial charge in [0, 0.05) is 18.6 Å². The molecule has 2 atom stereocenters. The fourth-order valence-corrected chi connectivity index (χ4v) is 2.69. The molecule has 15 heavy (non-hydrogen) atoms. The average Bonchev–Trinajstić information content (AvgIpc) is 2.18. The Morgan fingerprint density at radius 3 is 2.67 bits per heavy atom. The van der Waals surface area contributed by atoms with Crippen molar-refractivity contribution in [3.05, 3.63) is 0 Å². The molecule has 0 spiro atoms. The monoisotopic (exact) mass is 212 g/mol. The summed E-state index contributed by atoms with van der Waals surface area (Å²) >= 11 is 0. The Hall–Kier alpha value is -0.0800. The van der Waals surface area contributed by atoms with E-state index < -0.39 is 0 Å². The third kappa shape index (κ3) is 4.52. The molecule has 0 bridgehead atoms. The van der Waals surface area contributed by atoms with E-state index in [0.717, 1.165) is 18.5 Å². The van der Waals surface area contributed by atoms with E-state index in [9.17, 15) is 0 Å². The van der Waals surface area contributed by atoms with Gasteiger partial charge in [-0.3, -0.25) is 0 Å². The van der Waals surface area contributed by atoms with E-state index in [2.05, 4.69) is 37.9 Å². The molecule has 0 aromatic rings. The predicted molar refractivity (Wildman–Crippen MR) is 67.2 cm³/mol. The van der Waals surface area contributed by atoms with E-state index in [1.165, 1.54) is 32.4 Å². The average molecular weight is 212 g/mol. The summed E-state index contributed by atoms with van der Waals surface area (Å²) in [5.41, 5.74) is 0. The summed E-state index contributed by atoms with van der Waals surface area (Å²) in [6.45, 7) is 12.9. The Bertz CT molecular complexity index is 168. The van der Waals surface area contributed by atoms with Gasteiger partial charge in [-0.2, -0.15) is 0 Å². The van der Waals surface area contributed by atoms with Crippen LogP contribution in [0.2, 0.25) is 0 Å². The minimum absolute atomic E-state index is 0.687. The molecule has 1 fully saturated rings. The van der Waals surface area contributed by atoms with Crippen LogP contribution in [0.1, 0.15) is 47.0 Å². The van der Waals surface area contributed by atoms with Crippen LogP contribution in [0.25, 0.3) is 0 Å². The first-order valence-corrected chi connectivity index (χ1v) is 6.61. The maximum atomic E-state index is 3.52. The first kappa shape index (κ1) is 13.0. The SMILES string of the molecule is CCNC(C)CC1CCCN(C(C)C)C1. The van der Waals surface area contributed by atoms with Crippen LogP contribution in [-0.2, 0) is 0 Å². The zero-order chi connectivity index (χ0) is 11.3. The lowest BCUT2D eigenvalue weighted by atomic mass is 9.91. The second-order valence-corrected chi connectivity index (χ2v) is 5.29. The Labute approximate surface area is 95.4 Å².